The van der Waals surface area contributed by atoms with Crippen LogP contribution in [0.5, 0.6) is 0 Å². The summed E-state index contributed by atoms with van der Waals surface area (Å²) in [6.45, 7) is 3.30. The molecule has 3 heterocycles. The van der Waals surface area contributed by atoms with Crippen LogP contribution in [0.15, 0.2) is 42.5 Å². The summed E-state index contributed by atoms with van der Waals surface area (Å²) >= 11 is 0. The molecule has 30 heavy (non-hydrogen) atoms. The fourth-order valence-electron chi connectivity index (χ4n) is 4.96. The molecule has 2 fully saturated rings. The maximum Gasteiger partial charge on any atom is 0.265 e. The standard InChI is InChI=1S/C23H25FN4O2/c24-20-6-5-14(10-21-17-3-1-2-4-18(17)22(29)27-26-21)9-19(20)23(30)28-8-7-15-11-25-12-16(15)13-28/h1-6,9,15-16,21,25-26H,7-8,10-13H2,(H,27,29). The Labute approximate surface area is 174 Å². The Bertz CT molecular complexity index is 995. The second kappa shape index (κ2) is 7.81. The van der Waals surface area contributed by atoms with E-state index in [1.54, 1.807) is 23.1 Å². The second-order valence-corrected chi connectivity index (χ2v) is 8.47. The zero-order valence-electron chi connectivity index (χ0n) is 16.7. The summed E-state index contributed by atoms with van der Waals surface area (Å²) in [5.41, 5.74) is 8.22. The lowest BCUT2D eigenvalue weighted by Gasteiger charge is -2.34. The molecule has 6 nitrogen and oxygen atoms in total. The van der Waals surface area contributed by atoms with Crippen molar-refractivity contribution in [3.63, 3.8) is 0 Å². The number of piperidine rings is 1. The lowest BCUT2D eigenvalue weighted by Crippen LogP contribution is -2.46. The van der Waals surface area contributed by atoms with Crippen LogP contribution < -0.4 is 16.2 Å². The van der Waals surface area contributed by atoms with E-state index >= 15 is 0 Å². The fourth-order valence-corrected chi connectivity index (χ4v) is 4.96. The summed E-state index contributed by atoms with van der Waals surface area (Å²) in [5, 5.41) is 3.39. The number of amides is 2. The first-order chi connectivity index (χ1) is 14.6. The van der Waals surface area contributed by atoms with Gasteiger partial charge in [-0.15, -0.1) is 0 Å². The minimum Gasteiger partial charge on any atom is -0.338 e. The predicted molar refractivity (Wildman–Crippen MR) is 110 cm³/mol. The minimum atomic E-state index is -0.485. The van der Waals surface area contributed by atoms with Gasteiger partial charge in [-0.1, -0.05) is 24.3 Å². The van der Waals surface area contributed by atoms with E-state index in [-0.39, 0.29) is 23.4 Å². The molecular formula is C23H25FN4O2. The van der Waals surface area contributed by atoms with Gasteiger partial charge in [-0.05, 0) is 67.1 Å². The molecule has 2 aromatic rings. The summed E-state index contributed by atoms with van der Waals surface area (Å²) in [6, 6.07) is 12.0. The molecule has 3 N–H and O–H groups in total. The van der Waals surface area contributed by atoms with Crippen molar-refractivity contribution < 1.29 is 14.0 Å². The zero-order valence-corrected chi connectivity index (χ0v) is 16.7. The summed E-state index contributed by atoms with van der Waals surface area (Å²) < 4.78 is 14.6. The van der Waals surface area contributed by atoms with Crippen molar-refractivity contribution in [3.8, 4) is 0 Å². The Hall–Kier alpha value is -2.77. The molecule has 0 aliphatic carbocycles. The number of hydrazine groups is 1. The van der Waals surface area contributed by atoms with Gasteiger partial charge >= 0.3 is 0 Å². The van der Waals surface area contributed by atoms with E-state index in [1.807, 2.05) is 18.2 Å². The highest BCUT2D eigenvalue weighted by molar-refractivity contribution is 5.96. The van der Waals surface area contributed by atoms with Gasteiger partial charge in [-0.2, -0.15) is 0 Å². The maximum absolute atomic E-state index is 14.6. The molecule has 2 amide bonds. The number of carbonyl (C=O) groups is 2. The summed E-state index contributed by atoms with van der Waals surface area (Å²) in [7, 11) is 0. The van der Waals surface area contributed by atoms with Crippen LogP contribution in [0.3, 0.4) is 0 Å². The average molecular weight is 408 g/mol. The first-order valence-corrected chi connectivity index (χ1v) is 10.5. The Kier molecular flexibility index (Phi) is 5.00. The molecule has 7 heteroatoms. The van der Waals surface area contributed by atoms with Gasteiger partial charge in [0.1, 0.15) is 5.82 Å². The van der Waals surface area contributed by atoms with Crippen molar-refractivity contribution in [1.82, 2.24) is 21.1 Å². The van der Waals surface area contributed by atoms with Crippen LogP contribution in [0.2, 0.25) is 0 Å². The van der Waals surface area contributed by atoms with Gasteiger partial charge in [0.2, 0.25) is 0 Å². The molecule has 0 saturated carbocycles. The van der Waals surface area contributed by atoms with E-state index in [2.05, 4.69) is 16.2 Å². The van der Waals surface area contributed by atoms with E-state index in [1.165, 1.54) is 6.07 Å². The van der Waals surface area contributed by atoms with Crippen LogP contribution in [-0.4, -0.2) is 42.9 Å². The first kappa shape index (κ1) is 19.2. The Morgan fingerprint density at radius 3 is 2.87 bits per heavy atom. The average Bonchev–Trinajstić information content (AvgIpc) is 3.24. The molecule has 0 bridgehead atoms. The highest BCUT2D eigenvalue weighted by atomic mass is 19.1. The van der Waals surface area contributed by atoms with Crippen LogP contribution in [0.25, 0.3) is 0 Å². The van der Waals surface area contributed by atoms with Crippen molar-refractivity contribution in [3.05, 3.63) is 70.5 Å². The van der Waals surface area contributed by atoms with E-state index in [4.69, 9.17) is 0 Å². The number of benzene rings is 2. The zero-order chi connectivity index (χ0) is 20.7. The lowest BCUT2D eigenvalue weighted by molar-refractivity contribution is 0.0637. The first-order valence-electron chi connectivity index (χ1n) is 10.5. The maximum atomic E-state index is 14.6. The number of rotatable bonds is 3. The molecule has 0 radical (unpaired) electrons. The molecule has 3 atom stereocenters. The normalized spacial score (nSPS) is 25.4. The fraction of sp³-hybridized carbons (Fsp3) is 0.391. The topological polar surface area (TPSA) is 73.5 Å². The van der Waals surface area contributed by atoms with Crippen LogP contribution in [0, 0.1) is 17.7 Å². The molecule has 2 saturated heterocycles. The number of hydrogen-bond acceptors (Lipinski definition) is 4. The number of fused-ring (bicyclic) bond motifs is 2. The molecule has 2 aromatic carbocycles. The quantitative estimate of drug-likeness (QED) is 0.727. The second-order valence-electron chi connectivity index (χ2n) is 8.47. The van der Waals surface area contributed by atoms with Gasteiger partial charge in [0.15, 0.2) is 0 Å². The van der Waals surface area contributed by atoms with Crippen LogP contribution in [0.1, 0.15) is 44.3 Å². The number of halogens is 1. The predicted octanol–water partition coefficient (Wildman–Crippen LogP) is 2.04. The highest BCUT2D eigenvalue weighted by Gasteiger charge is 2.35. The van der Waals surface area contributed by atoms with Crippen molar-refractivity contribution in [1.29, 1.82) is 0 Å². The van der Waals surface area contributed by atoms with Gasteiger partial charge in [-0.25, -0.2) is 9.82 Å². The Morgan fingerprint density at radius 2 is 1.97 bits per heavy atom. The number of carbonyl (C=O) groups excluding carboxylic acids is 2. The molecule has 0 aromatic heterocycles. The largest absolute Gasteiger partial charge is 0.338 e. The van der Waals surface area contributed by atoms with Gasteiger partial charge in [-0.3, -0.25) is 15.0 Å². The van der Waals surface area contributed by atoms with Gasteiger partial charge in [0, 0.05) is 18.7 Å². The highest BCUT2D eigenvalue weighted by Crippen LogP contribution is 2.29. The number of likely N-dealkylation sites (tertiary alicyclic amines) is 1. The van der Waals surface area contributed by atoms with Crippen molar-refractivity contribution >= 4 is 11.8 Å². The molecule has 3 unspecified atom stereocenters. The Morgan fingerprint density at radius 1 is 1.13 bits per heavy atom. The summed E-state index contributed by atoms with van der Waals surface area (Å²) in [4.78, 5) is 26.9. The van der Waals surface area contributed by atoms with Crippen molar-refractivity contribution in [2.24, 2.45) is 11.8 Å². The smallest absolute Gasteiger partial charge is 0.265 e. The molecule has 3 aliphatic rings. The molecule has 0 spiro atoms. The van der Waals surface area contributed by atoms with Crippen LogP contribution >= 0.6 is 0 Å². The number of nitrogens with one attached hydrogen (secondary N) is 3. The van der Waals surface area contributed by atoms with Gasteiger partial charge in [0.25, 0.3) is 11.8 Å². The van der Waals surface area contributed by atoms with Crippen LogP contribution in [0.4, 0.5) is 4.39 Å². The summed E-state index contributed by atoms with van der Waals surface area (Å²) in [6.07, 6.45) is 1.50. The van der Waals surface area contributed by atoms with Crippen LogP contribution in [-0.2, 0) is 6.42 Å². The lowest BCUT2D eigenvalue weighted by atomic mass is 9.88. The van der Waals surface area contributed by atoms with Gasteiger partial charge < -0.3 is 10.2 Å². The molecule has 5 rings (SSSR count). The number of hydrogen-bond donors (Lipinski definition) is 3. The molecule has 3 aliphatic heterocycles. The van der Waals surface area contributed by atoms with E-state index in [0.29, 0.717) is 36.9 Å². The minimum absolute atomic E-state index is 0.130. The van der Waals surface area contributed by atoms with E-state index in [0.717, 1.165) is 30.6 Å². The molecular weight excluding hydrogens is 383 g/mol. The Balaban J connectivity index is 1.36. The molecule has 156 valence electrons. The van der Waals surface area contributed by atoms with E-state index < -0.39 is 5.82 Å². The third-order valence-electron chi connectivity index (χ3n) is 6.63. The number of nitrogens with zero attached hydrogens (tertiary/aromatic N) is 1. The van der Waals surface area contributed by atoms with Crippen molar-refractivity contribution in [2.45, 2.75) is 18.9 Å². The third kappa shape index (κ3) is 3.48. The van der Waals surface area contributed by atoms with E-state index in [9.17, 15) is 14.0 Å². The monoisotopic (exact) mass is 408 g/mol. The SMILES string of the molecule is O=C1NNC(Cc2ccc(F)c(C(=O)N3CCC4CNCC4C3)c2)c2ccccc21. The summed E-state index contributed by atoms with van der Waals surface area (Å²) in [5.74, 6) is 0.200. The third-order valence-corrected chi connectivity index (χ3v) is 6.63. The van der Waals surface area contributed by atoms with Gasteiger partial charge in [0.05, 0.1) is 11.6 Å². The van der Waals surface area contributed by atoms with Crippen molar-refractivity contribution in [2.75, 3.05) is 26.2 Å².